The van der Waals surface area contributed by atoms with E-state index in [-0.39, 0.29) is 5.97 Å². The van der Waals surface area contributed by atoms with Crippen LogP contribution in [0.2, 0.25) is 0 Å². The number of rotatable bonds is 2. The van der Waals surface area contributed by atoms with Gasteiger partial charge in [-0.2, -0.15) is 0 Å². The number of ether oxygens (including phenoxy) is 1. The molecular weight excluding hydrogens is 176 g/mol. The van der Waals surface area contributed by atoms with Gasteiger partial charge in [0.05, 0.1) is 7.11 Å². The molecule has 12 heavy (non-hydrogen) atoms. The topological polar surface area (TPSA) is 39.4 Å². The highest BCUT2D eigenvalue weighted by molar-refractivity contribution is 7.98. The number of carbonyl (C=O) groups is 1. The summed E-state index contributed by atoms with van der Waals surface area (Å²) >= 11 is 1.46. The van der Waals surface area contributed by atoms with Gasteiger partial charge in [0.25, 0.3) is 0 Å². The van der Waals surface area contributed by atoms with Crippen LogP contribution in [0.4, 0.5) is 0 Å². The Balaban J connectivity index is 2.99. The van der Waals surface area contributed by atoms with Crippen molar-refractivity contribution >= 4 is 17.7 Å². The molecule has 0 saturated carbocycles. The average molecular weight is 186 g/mol. The van der Waals surface area contributed by atoms with Crippen LogP contribution in [-0.4, -0.2) is 19.3 Å². The van der Waals surface area contributed by atoms with E-state index in [1.807, 2.05) is 6.26 Å². The highest BCUT2D eigenvalue weighted by atomic mass is 32.2. The molecule has 0 aliphatic heterocycles. The molecule has 0 fully saturated rings. The molecule has 0 spiro atoms. The lowest BCUT2D eigenvalue weighted by Crippen LogP contribution is -2.00. The lowest BCUT2D eigenvalue weighted by atomic mass is 10.3. The fourth-order valence-corrected chi connectivity index (χ4v) is 1.31. The maximum absolute atomic E-state index is 11.1. The Bertz CT molecular complexity index is 290. The van der Waals surface area contributed by atoms with Crippen LogP contribution in [0.25, 0.3) is 0 Å². The van der Waals surface area contributed by atoms with Crippen LogP contribution in [0, 0.1) is 6.92 Å². The quantitative estimate of drug-likeness (QED) is 0.523. The van der Waals surface area contributed by atoms with Crippen molar-refractivity contribution < 1.29 is 13.9 Å². The van der Waals surface area contributed by atoms with Crippen molar-refractivity contribution in [2.24, 2.45) is 0 Å². The Kier molecular flexibility index (Phi) is 2.81. The van der Waals surface area contributed by atoms with Crippen LogP contribution in [0.1, 0.15) is 16.1 Å². The minimum Gasteiger partial charge on any atom is -0.465 e. The summed E-state index contributed by atoms with van der Waals surface area (Å²) in [6, 6.07) is 1.69. The number of thioether (sulfide) groups is 1. The molecule has 0 radical (unpaired) electrons. The number of methoxy groups -OCH3 is 1. The highest BCUT2D eigenvalue weighted by Gasteiger charge is 2.14. The van der Waals surface area contributed by atoms with Gasteiger partial charge in [-0.1, -0.05) is 11.8 Å². The highest BCUT2D eigenvalue weighted by Crippen LogP contribution is 2.22. The van der Waals surface area contributed by atoms with Crippen LogP contribution in [0.15, 0.2) is 15.6 Å². The molecule has 1 aromatic rings. The van der Waals surface area contributed by atoms with Gasteiger partial charge in [-0.05, 0) is 13.2 Å². The Morgan fingerprint density at radius 3 is 2.75 bits per heavy atom. The van der Waals surface area contributed by atoms with Gasteiger partial charge in [-0.25, -0.2) is 4.79 Å². The van der Waals surface area contributed by atoms with Crippen LogP contribution < -0.4 is 0 Å². The van der Waals surface area contributed by atoms with E-state index >= 15 is 0 Å². The number of carbonyl (C=O) groups excluding carboxylic acids is 1. The Labute approximate surface area is 75.1 Å². The second kappa shape index (κ2) is 3.67. The normalized spacial score (nSPS) is 9.92. The SMILES string of the molecule is COC(=O)c1cc(SC)oc1C. The minimum absolute atomic E-state index is 0.350. The molecular formula is C8H10O3S. The minimum atomic E-state index is -0.350. The first-order valence-electron chi connectivity index (χ1n) is 3.41. The van der Waals surface area contributed by atoms with Crippen LogP contribution in [-0.2, 0) is 4.74 Å². The van der Waals surface area contributed by atoms with Gasteiger partial charge in [0.15, 0.2) is 5.09 Å². The van der Waals surface area contributed by atoms with E-state index in [9.17, 15) is 4.79 Å². The number of hydrogen-bond donors (Lipinski definition) is 0. The molecule has 3 nitrogen and oxygen atoms in total. The third kappa shape index (κ3) is 1.64. The molecule has 0 bridgehead atoms. The first-order valence-corrected chi connectivity index (χ1v) is 4.64. The molecule has 0 N–H and O–H groups in total. The van der Waals surface area contributed by atoms with Crippen molar-refractivity contribution in [2.75, 3.05) is 13.4 Å². The zero-order chi connectivity index (χ0) is 9.14. The monoisotopic (exact) mass is 186 g/mol. The second-order valence-corrected chi connectivity index (χ2v) is 3.04. The van der Waals surface area contributed by atoms with Crippen molar-refractivity contribution in [3.63, 3.8) is 0 Å². The van der Waals surface area contributed by atoms with Crippen molar-refractivity contribution in [3.05, 3.63) is 17.4 Å². The summed E-state index contributed by atoms with van der Waals surface area (Å²) in [4.78, 5) is 11.1. The van der Waals surface area contributed by atoms with Crippen molar-refractivity contribution in [3.8, 4) is 0 Å². The van der Waals surface area contributed by atoms with Gasteiger partial charge < -0.3 is 9.15 Å². The third-order valence-corrected chi connectivity index (χ3v) is 2.11. The van der Waals surface area contributed by atoms with Crippen LogP contribution >= 0.6 is 11.8 Å². The van der Waals surface area contributed by atoms with E-state index in [2.05, 4.69) is 4.74 Å². The van der Waals surface area contributed by atoms with Gasteiger partial charge in [0, 0.05) is 6.07 Å². The van der Waals surface area contributed by atoms with Crippen molar-refractivity contribution in [1.29, 1.82) is 0 Å². The molecule has 0 saturated heterocycles. The molecule has 0 aliphatic rings. The molecule has 66 valence electrons. The summed E-state index contributed by atoms with van der Waals surface area (Å²) in [6.07, 6.45) is 1.89. The first-order chi connectivity index (χ1) is 5.69. The number of esters is 1. The Morgan fingerprint density at radius 2 is 2.33 bits per heavy atom. The van der Waals surface area contributed by atoms with Crippen LogP contribution in [0.5, 0.6) is 0 Å². The number of hydrogen-bond acceptors (Lipinski definition) is 4. The van der Waals surface area contributed by atoms with Gasteiger partial charge in [-0.3, -0.25) is 0 Å². The van der Waals surface area contributed by atoms with Gasteiger partial charge in [0.2, 0.25) is 0 Å². The molecule has 1 heterocycles. The third-order valence-electron chi connectivity index (χ3n) is 1.50. The lowest BCUT2D eigenvalue weighted by molar-refractivity contribution is 0.0599. The molecule has 0 unspecified atom stereocenters. The van der Waals surface area contributed by atoms with Crippen molar-refractivity contribution in [2.45, 2.75) is 12.0 Å². The second-order valence-electron chi connectivity index (χ2n) is 2.23. The van der Waals surface area contributed by atoms with Crippen LogP contribution in [0.3, 0.4) is 0 Å². The predicted molar refractivity (Wildman–Crippen MR) is 46.6 cm³/mol. The molecule has 0 aliphatic carbocycles. The van der Waals surface area contributed by atoms with Crippen molar-refractivity contribution in [1.82, 2.24) is 0 Å². The summed E-state index contributed by atoms with van der Waals surface area (Å²) in [5, 5.41) is 0.730. The maximum Gasteiger partial charge on any atom is 0.341 e. The van der Waals surface area contributed by atoms with Gasteiger partial charge in [-0.15, -0.1) is 0 Å². The fraction of sp³-hybridized carbons (Fsp3) is 0.375. The summed E-state index contributed by atoms with van der Waals surface area (Å²) in [7, 11) is 1.35. The average Bonchev–Trinajstić information content (AvgIpc) is 2.45. The Hall–Kier alpha value is -0.900. The molecule has 1 aromatic heterocycles. The molecule has 0 aromatic carbocycles. The number of aryl methyl sites for hydroxylation is 1. The van der Waals surface area contributed by atoms with Gasteiger partial charge >= 0.3 is 5.97 Å². The standard InChI is InChI=1S/C8H10O3S/c1-5-6(8(9)10-2)4-7(11-5)12-3/h4H,1-3H3. The lowest BCUT2D eigenvalue weighted by Gasteiger charge is -1.93. The summed E-state index contributed by atoms with van der Waals surface area (Å²) in [5.74, 6) is 0.253. The summed E-state index contributed by atoms with van der Waals surface area (Å²) < 4.78 is 9.82. The van der Waals surface area contributed by atoms with E-state index in [4.69, 9.17) is 4.42 Å². The molecule has 0 amide bonds. The van der Waals surface area contributed by atoms with E-state index in [1.54, 1.807) is 13.0 Å². The maximum atomic E-state index is 11.1. The molecule has 1 rings (SSSR count). The predicted octanol–water partition coefficient (Wildman–Crippen LogP) is 2.10. The zero-order valence-electron chi connectivity index (χ0n) is 7.21. The smallest absolute Gasteiger partial charge is 0.341 e. The molecule has 0 atom stereocenters. The fourth-order valence-electron chi connectivity index (χ4n) is 0.868. The zero-order valence-corrected chi connectivity index (χ0v) is 8.03. The Morgan fingerprint density at radius 1 is 1.67 bits per heavy atom. The first kappa shape index (κ1) is 9.19. The van der Waals surface area contributed by atoms with E-state index in [0.717, 1.165) is 5.09 Å². The summed E-state index contributed by atoms with van der Waals surface area (Å²) in [5.41, 5.74) is 0.502. The number of furan rings is 1. The largest absolute Gasteiger partial charge is 0.465 e. The molecule has 4 heteroatoms. The van der Waals surface area contributed by atoms with E-state index in [1.165, 1.54) is 18.9 Å². The van der Waals surface area contributed by atoms with E-state index < -0.39 is 0 Å². The van der Waals surface area contributed by atoms with Gasteiger partial charge in [0.1, 0.15) is 11.3 Å². The van der Waals surface area contributed by atoms with E-state index in [0.29, 0.717) is 11.3 Å². The summed E-state index contributed by atoms with van der Waals surface area (Å²) in [6.45, 7) is 1.74.